The molecule has 0 fully saturated rings. The summed E-state index contributed by atoms with van der Waals surface area (Å²) in [4.78, 5) is 26.6. The fourth-order valence-electron chi connectivity index (χ4n) is 9.36. The van der Waals surface area contributed by atoms with Crippen molar-refractivity contribution in [3.63, 3.8) is 0 Å². The minimum Gasteiger partial charge on any atom is -0.308 e. The molecule has 0 saturated heterocycles. The van der Waals surface area contributed by atoms with Crippen LogP contribution in [-0.4, -0.2) is 68.7 Å². The lowest BCUT2D eigenvalue weighted by Gasteiger charge is -2.21. The summed E-state index contributed by atoms with van der Waals surface area (Å²) in [6.45, 7) is 0. The van der Waals surface area contributed by atoms with E-state index in [1.807, 2.05) is 66.7 Å². The van der Waals surface area contributed by atoms with Crippen LogP contribution in [-0.2, 0) is 0 Å². The van der Waals surface area contributed by atoms with Gasteiger partial charge in [-0.05, 0) is 53.1 Å². The van der Waals surface area contributed by atoms with E-state index in [0.717, 1.165) is 83.4 Å². The van der Waals surface area contributed by atoms with Gasteiger partial charge in [0.25, 0.3) is 0 Å². The van der Waals surface area contributed by atoms with E-state index in [4.69, 9.17) is 24.9 Å². The quantitative estimate of drug-likeness (QED) is 0.208. The average molecular weight is 840 g/mol. The minimum absolute atomic E-state index is 0.542. The van der Waals surface area contributed by atoms with Gasteiger partial charge in [-0.3, -0.25) is 0 Å². The highest BCUT2D eigenvalue weighted by molar-refractivity contribution is 6.68. The molecule has 0 N–H and O–H groups in total. The summed E-state index contributed by atoms with van der Waals surface area (Å²) in [5.74, 6) is 2.33. The van der Waals surface area contributed by atoms with Gasteiger partial charge in [0, 0.05) is 38.6 Å². The van der Waals surface area contributed by atoms with Crippen LogP contribution >= 0.6 is 0 Å². The molecule has 11 aromatic rings. The Morgan fingerprint density at radius 1 is 0.303 bits per heavy atom. The van der Waals surface area contributed by atoms with Crippen molar-refractivity contribution in [3.8, 4) is 84.9 Å². The first-order valence-corrected chi connectivity index (χ1v) is 22.4. The van der Waals surface area contributed by atoms with Gasteiger partial charge in [0.15, 0.2) is 23.3 Å². The van der Waals surface area contributed by atoms with Crippen molar-refractivity contribution in [2.24, 2.45) is 0 Å². The average Bonchev–Trinajstić information content (AvgIpc) is 3.71. The number of aromatic nitrogens is 6. The van der Waals surface area contributed by atoms with E-state index in [9.17, 15) is 0 Å². The molecule has 3 heterocycles. The lowest BCUT2D eigenvalue weighted by Crippen LogP contribution is -2.55. The molecule has 0 unspecified atom stereocenters. The van der Waals surface area contributed by atoms with Gasteiger partial charge in [-0.25, -0.2) is 24.9 Å². The topological polar surface area (TPSA) is 69.4 Å². The van der Waals surface area contributed by atoms with Gasteiger partial charge in [0.2, 0.25) is 0 Å². The maximum Gasteiger partial charge on any atom is 0.166 e. The maximum absolute atomic E-state index is 5.46. The first kappa shape index (κ1) is 40.7. The summed E-state index contributed by atoms with van der Waals surface area (Å²) in [5.41, 5.74) is 19.1. The van der Waals surface area contributed by atoms with Crippen LogP contribution in [0, 0.1) is 0 Å². The molecule has 0 amide bonds. The molecule has 0 bridgehead atoms. The van der Waals surface area contributed by atoms with Gasteiger partial charge in [0.05, 0.1) is 28.1 Å². The van der Waals surface area contributed by atoms with Crippen molar-refractivity contribution < 1.29 is 0 Å². The second-order valence-corrected chi connectivity index (χ2v) is 17.0. The van der Waals surface area contributed by atoms with E-state index in [2.05, 4.69) is 165 Å². The highest BCUT2D eigenvalue weighted by atomic mass is 15.1. The number of rotatable bonds is 8. The Morgan fingerprint density at radius 3 is 1.39 bits per heavy atom. The second kappa shape index (κ2) is 16.8. The Balaban J connectivity index is 1.22. The highest BCUT2D eigenvalue weighted by Crippen LogP contribution is 2.40. The number of hydrogen-bond acceptors (Lipinski definition) is 5. The van der Waals surface area contributed by atoms with Crippen molar-refractivity contribution in [1.29, 1.82) is 0 Å². The van der Waals surface area contributed by atoms with Crippen LogP contribution in [0.25, 0.3) is 107 Å². The molecule has 306 valence electrons. The number of para-hydroxylation sites is 1. The summed E-state index contributed by atoms with van der Waals surface area (Å²) >= 11 is 0. The zero-order valence-corrected chi connectivity index (χ0v) is 37.6. The molecular formula is C55H41B5N6. The lowest BCUT2D eigenvalue weighted by molar-refractivity contribution is 1.06. The van der Waals surface area contributed by atoms with Crippen LogP contribution in [0.15, 0.2) is 188 Å². The molecule has 8 aromatic carbocycles. The zero-order valence-electron chi connectivity index (χ0n) is 37.6. The Bertz CT molecular complexity index is 3560. The molecule has 3 aromatic heterocycles. The van der Waals surface area contributed by atoms with Crippen molar-refractivity contribution in [2.75, 3.05) is 0 Å². The largest absolute Gasteiger partial charge is 0.308 e. The molecule has 11 heteroatoms. The predicted octanol–water partition coefficient (Wildman–Crippen LogP) is 4.72. The molecule has 0 aliphatic carbocycles. The van der Waals surface area contributed by atoms with Crippen molar-refractivity contribution in [3.05, 3.63) is 188 Å². The number of fused-ring (bicyclic) bond motifs is 3. The van der Waals surface area contributed by atoms with Crippen molar-refractivity contribution >= 4 is 88.4 Å². The summed E-state index contributed by atoms with van der Waals surface area (Å²) < 4.78 is 2.36. The van der Waals surface area contributed by atoms with Crippen molar-refractivity contribution in [2.45, 2.75) is 0 Å². The molecule has 6 nitrogen and oxygen atoms in total. The third-order valence-corrected chi connectivity index (χ3v) is 13.3. The second-order valence-electron chi connectivity index (χ2n) is 17.0. The Morgan fingerprint density at radius 2 is 0.773 bits per heavy atom. The summed E-state index contributed by atoms with van der Waals surface area (Å²) in [6.07, 6.45) is 0. The standard InChI is InChI=1S/C55H41B5N6/c56-47-46(48(57)50(59)51(60)49(47)58)42-31-41(33-17-7-2-8-18-33)61-54(62-42)37-26-28-44(66-43-24-14-13-23-38(43)39-27-25-36(30-45(39)66)32-15-5-1-6-16-32)40(29-37)55-64-52(34-19-9-3-10-20-34)63-53(65-55)35-21-11-4-12-22-35/h1-31H,56-60H2. The molecular weight excluding hydrogens is 799 g/mol. The third-order valence-electron chi connectivity index (χ3n) is 13.3. The zero-order chi connectivity index (χ0) is 44.9. The van der Waals surface area contributed by atoms with Gasteiger partial charge in [0.1, 0.15) is 39.2 Å². The fourth-order valence-corrected chi connectivity index (χ4v) is 9.36. The number of hydrogen-bond donors (Lipinski definition) is 0. The van der Waals surface area contributed by atoms with Crippen LogP contribution in [0.2, 0.25) is 0 Å². The predicted molar refractivity (Wildman–Crippen MR) is 289 cm³/mol. The Hall–Kier alpha value is -8.03. The third kappa shape index (κ3) is 7.23. The summed E-state index contributed by atoms with van der Waals surface area (Å²) in [7, 11) is 11.1. The van der Waals surface area contributed by atoms with E-state index in [0.29, 0.717) is 23.3 Å². The van der Waals surface area contributed by atoms with E-state index >= 15 is 0 Å². The molecule has 0 aliphatic rings. The van der Waals surface area contributed by atoms with Gasteiger partial charge in [-0.15, -0.1) is 16.4 Å². The van der Waals surface area contributed by atoms with Crippen LogP contribution in [0.4, 0.5) is 0 Å². The minimum atomic E-state index is 0.542. The number of nitrogens with zero attached hydrogens (tertiary/aromatic N) is 6. The Labute approximate surface area is 389 Å². The molecule has 0 atom stereocenters. The monoisotopic (exact) mass is 840 g/mol. The molecule has 0 radical (unpaired) electrons. The first-order valence-electron chi connectivity index (χ1n) is 22.4. The Kier molecular flexibility index (Phi) is 10.4. The lowest BCUT2D eigenvalue weighted by atomic mass is 9.60. The molecule has 11 rings (SSSR count). The fraction of sp³-hybridized carbons (Fsp3) is 0. The first-order chi connectivity index (χ1) is 32.3. The van der Waals surface area contributed by atoms with Crippen LogP contribution in [0.3, 0.4) is 0 Å². The number of benzene rings is 8. The highest BCUT2D eigenvalue weighted by Gasteiger charge is 2.23. The van der Waals surface area contributed by atoms with Crippen LogP contribution in [0.1, 0.15) is 0 Å². The van der Waals surface area contributed by atoms with Gasteiger partial charge in [-0.2, -0.15) is 0 Å². The molecule has 66 heavy (non-hydrogen) atoms. The van der Waals surface area contributed by atoms with Gasteiger partial charge < -0.3 is 4.57 Å². The van der Waals surface area contributed by atoms with Gasteiger partial charge >= 0.3 is 0 Å². The van der Waals surface area contributed by atoms with E-state index in [-0.39, 0.29) is 0 Å². The van der Waals surface area contributed by atoms with Crippen molar-refractivity contribution in [1.82, 2.24) is 29.5 Å². The normalized spacial score (nSPS) is 11.3. The molecule has 0 spiro atoms. The smallest absolute Gasteiger partial charge is 0.166 e. The van der Waals surface area contributed by atoms with Crippen LogP contribution in [0.5, 0.6) is 0 Å². The van der Waals surface area contributed by atoms with Crippen LogP contribution < -0.4 is 27.3 Å². The van der Waals surface area contributed by atoms with E-state index in [1.165, 1.54) is 27.3 Å². The van der Waals surface area contributed by atoms with E-state index < -0.39 is 0 Å². The molecule has 0 aliphatic heterocycles. The summed E-state index contributed by atoms with van der Waals surface area (Å²) in [5, 5.41) is 2.31. The SMILES string of the molecule is Bc1c(B)c(B)c(-c2cc(-c3ccccc3)nc(-c3ccc(-n4c5ccccc5c5ccc(-c6ccccc6)cc54)c(-c4nc(-c5ccccc5)nc(-c5ccccc5)n4)c3)n2)c(B)c1B. The van der Waals surface area contributed by atoms with Gasteiger partial charge in [-0.1, -0.05) is 163 Å². The maximum atomic E-state index is 5.46. The molecule has 0 saturated carbocycles. The summed E-state index contributed by atoms with van der Waals surface area (Å²) in [6, 6.07) is 65.3. The van der Waals surface area contributed by atoms with E-state index in [1.54, 1.807) is 0 Å².